The number of nitrogens with one attached hydrogen (secondary N) is 3. The van der Waals surface area contributed by atoms with Crippen LogP contribution in [0.25, 0.3) is 0 Å². The molecule has 3 N–H and O–H groups in total. The lowest BCUT2D eigenvalue weighted by atomic mass is 10.0. The number of aromatic amines is 3. The summed E-state index contributed by atoms with van der Waals surface area (Å²) in [6.07, 6.45) is 8.51. The molecule has 0 fully saturated rings. The Morgan fingerprint density at radius 1 is 0.476 bits per heavy atom. The molecule has 6 nitrogen and oxygen atoms in total. The van der Waals surface area contributed by atoms with E-state index in [1.807, 2.05) is 39.4 Å². The molecule has 0 unspecified atom stereocenters. The molecule has 6 aromatic rings. The Morgan fingerprint density at radius 3 is 1.50 bits per heavy atom. The third-order valence-electron chi connectivity index (χ3n) is 6.90. The summed E-state index contributed by atoms with van der Waals surface area (Å²) in [5, 5.41) is 0. The molecule has 0 spiro atoms. The average molecular weight is 559 g/mol. The van der Waals surface area contributed by atoms with Gasteiger partial charge in [-0.15, -0.1) is 0 Å². The highest BCUT2D eigenvalue weighted by molar-refractivity contribution is 5.29. The van der Waals surface area contributed by atoms with Crippen molar-refractivity contribution in [1.29, 1.82) is 0 Å². The Bertz CT molecular complexity index is 1670. The molecule has 0 atom stereocenters. The summed E-state index contributed by atoms with van der Waals surface area (Å²) in [7, 11) is 0. The Balaban J connectivity index is 0.000000145. The van der Waals surface area contributed by atoms with Gasteiger partial charge < -0.3 is 15.0 Å². The van der Waals surface area contributed by atoms with Gasteiger partial charge in [-0.2, -0.15) is 0 Å². The lowest BCUT2D eigenvalue weighted by Crippen LogP contribution is -1.91. The summed E-state index contributed by atoms with van der Waals surface area (Å²) in [4.78, 5) is 22.2. The summed E-state index contributed by atoms with van der Waals surface area (Å²) in [6.45, 7) is 12.3. The third kappa shape index (κ3) is 9.73. The number of aromatic nitrogens is 6. The number of H-pyrrole nitrogens is 3. The molecule has 0 aliphatic heterocycles. The molecule has 0 radical (unpaired) electrons. The lowest BCUT2D eigenvalue weighted by Gasteiger charge is -2.02. The zero-order valence-electron chi connectivity index (χ0n) is 25.6. The number of hydrogen-bond acceptors (Lipinski definition) is 3. The average Bonchev–Trinajstić information content (AvgIpc) is 3.69. The van der Waals surface area contributed by atoms with Gasteiger partial charge in [0, 0.05) is 54.9 Å². The van der Waals surface area contributed by atoms with E-state index in [2.05, 4.69) is 123 Å². The number of hydrogen-bond donors (Lipinski definition) is 3. The van der Waals surface area contributed by atoms with Crippen LogP contribution in [0.5, 0.6) is 0 Å². The topological polar surface area (TPSA) is 86.0 Å². The van der Waals surface area contributed by atoms with Gasteiger partial charge in [0.25, 0.3) is 0 Å². The molecule has 0 amide bonds. The van der Waals surface area contributed by atoms with Crippen LogP contribution in [0.2, 0.25) is 0 Å². The molecule has 6 rings (SSSR count). The molecule has 3 aromatic carbocycles. The molecule has 0 aliphatic carbocycles. The SMILES string of the molecule is Cc1ccc(Cc2cnc(C)[nH]2)cc1.Cc1cccc(Cc2cnc(C)[nH]2)c1.Cc1ncc(Cc2ccccc2C)[nH]1. The highest BCUT2D eigenvalue weighted by Crippen LogP contribution is 2.12. The molecular formula is C36H42N6. The van der Waals surface area contributed by atoms with E-state index in [9.17, 15) is 0 Å². The first-order valence-corrected chi connectivity index (χ1v) is 14.4. The molecule has 0 saturated carbocycles. The van der Waals surface area contributed by atoms with E-state index in [1.165, 1.54) is 50.5 Å². The van der Waals surface area contributed by atoms with Gasteiger partial charge in [-0.05, 0) is 63.8 Å². The van der Waals surface area contributed by atoms with Crippen LogP contribution in [0.15, 0.2) is 91.4 Å². The minimum Gasteiger partial charge on any atom is -0.346 e. The van der Waals surface area contributed by atoms with Gasteiger partial charge >= 0.3 is 0 Å². The smallest absolute Gasteiger partial charge is 0.103 e. The molecule has 0 saturated heterocycles. The number of aryl methyl sites for hydroxylation is 6. The zero-order valence-corrected chi connectivity index (χ0v) is 25.6. The van der Waals surface area contributed by atoms with Gasteiger partial charge in [0.2, 0.25) is 0 Å². The van der Waals surface area contributed by atoms with Crippen molar-refractivity contribution in [2.45, 2.75) is 60.8 Å². The van der Waals surface area contributed by atoms with E-state index in [0.717, 1.165) is 36.7 Å². The number of nitrogens with zero attached hydrogens (tertiary/aromatic N) is 3. The standard InChI is InChI=1S/3C12H14N2/c1-9-3-5-11(6-4-9)7-12-8-13-10(2)14-12;1-9-4-3-5-11(6-9)7-12-8-13-10(2)14-12;1-9-5-3-4-6-11(9)7-12-8-13-10(2)14-12/h3*3-6,8H,7H2,1-2H3,(H,13,14). The van der Waals surface area contributed by atoms with E-state index in [4.69, 9.17) is 0 Å². The Labute approximate surface area is 249 Å². The largest absolute Gasteiger partial charge is 0.346 e. The van der Waals surface area contributed by atoms with E-state index in [1.54, 1.807) is 0 Å². The first-order chi connectivity index (χ1) is 20.2. The molecule has 3 heterocycles. The molecule has 3 aromatic heterocycles. The van der Waals surface area contributed by atoms with Crippen LogP contribution in [0.3, 0.4) is 0 Å². The monoisotopic (exact) mass is 558 g/mol. The summed E-state index contributed by atoms with van der Waals surface area (Å²) < 4.78 is 0. The van der Waals surface area contributed by atoms with E-state index < -0.39 is 0 Å². The van der Waals surface area contributed by atoms with Gasteiger partial charge in [-0.1, -0.05) is 83.9 Å². The lowest BCUT2D eigenvalue weighted by molar-refractivity contribution is 1.06. The summed E-state index contributed by atoms with van der Waals surface area (Å²) in [5.41, 5.74) is 11.5. The van der Waals surface area contributed by atoms with Crippen molar-refractivity contribution in [1.82, 2.24) is 29.9 Å². The first-order valence-electron chi connectivity index (χ1n) is 14.4. The predicted molar refractivity (Wildman–Crippen MR) is 172 cm³/mol. The van der Waals surface area contributed by atoms with Crippen molar-refractivity contribution >= 4 is 0 Å². The van der Waals surface area contributed by atoms with Crippen LogP contribution in [-0.2, 0) is 19.3 Å². The zero-order chi connectivity index (χ0) is 29.9. The van der Waals surface area contributed by atoms with E-state index in [-0.39, 0.29) is 0 Å². The van der Waals surface area contributed by atoms with Crippen molar-refractivity contribution in [3.05, 3.63) is 159 Å². The quantitative estimate of drug-likeness (QED) is 0.195. The van der Waals surface area contributed by atoms with Crippen LogP contribution in [0.1, 0.15) is 67.9 Å². The maximum Gasteiger partial charge on any atom is 0.103 e. The van der Waals surface area contributed by atoms with Crippen LogP contribution < -0.4 is 0 Å². The van der Waals surface area contributed by atoms with Crippen LogP contribution in [0.4, 0.5) is 0 Å². The molecule has 0 aliphatic rings. The molecule has 6 heteroatoms. The van der Waals surface area contributed by atoms with Crippen molar-refractivity contribution in [2.75, 3.05) is 0 Å². The van der Waals surface area contributed by atoms with E-state index in [0.29, 0.717) is 0 Å². The second-order valence-electron chi connectivity index (χ2n) is 10.9. The van der Waals surface area contributed by atoms with Crippen molar-refractivity contribution in [3.8, 4) is 0 Å². The minimum absolute atomic E-state index is 0.932. The number of imidazole rings is 3. The molecule has 216 valence electrons. The fraction of sp³-hybridized carbons (Fsp3) is 0.250. The maximum atomic E-state index is 4.19. The van der Waals surface area contributed by atoms with Crippen LogP contribution in [-0.4, -0.2) is 29.9 Å². The minimum atomic E-state index is 0.932. The summed E-state index contributed by atoms with van der Waals surface area (Å²) in [5.74, 6) is 2.94. The Kier molecular flexibility index (Phi) is 10.6. The van der Waals surface area contributed by atoms with Crippen LogP contribution in [0, 0.1) is 41.5 Å². The fourth-order valence-electron chi connectivity index (χ4n) is 4.67. The molecular weight excluding hydrogens is 516 g/mol. The number of rotatable bonds is 6. The van der Waals surface area contributed by atoms with E-state index >= 15 is 0 Å². The van der Waals surface area contributed by atoms with Crippen LogP contribution >= 0.6 is 0 Å². The van der Waals surface area contributed by atoms with Crippen molar-refractivity contribution in [3.63, 3.8) is 0 Å². The highest BCUT2D eigenvalue weighted by Gasteiger charge is 2.02. The van der Waals surface area contributed by atoms with Gasteiger partial charge in [0.15, 0.2) is 0 Å². The second-order valence-corrected chi connectivity index (χ2v) is 10.9. The Hall–Kier alpha value is -4.71. The van der Waals surface area contributed by atoms with Gasteiger partial charge in [-0.25, -0.2) is 15.0 Å². The second kappa shape index (κ2) is 14.8. The first kappa shape index (κ1) is 30.3. The summed E-state index contributed by atoms with van der Waals surface area (Å²) in [6, 6.07) is 25.6. The molecule has 0 bridgehead atoms. The van der Waals surface area contributed by atoms with Gasteiger partial charge in [0.1, 0.15) is 17.5 Å². The van der Waals surface area contributed by atoms with Gasteiger partial charge in [-0.3, -0.25) is 0 Å². The van der Waals surface area contributed by atoms with Crippen molar-refractivity contribution in [2.24, 2.45) is 0 Å². The summed E-state index contributed by atoms with van der Waals surface area (Å²) >= 11 is 0. The third-order valence-corrected chi connectivity index (χ3v) is 6.90. The normalized spacial score (nSPS) is 10.4. The van der Waals surface area contributed by atoms with Crippen molar-refractivity contribution < 1.29 is 0 Å². The Morgan fingerprint density at radius 2 is 1.00 bits per heavy atom. The highest BCUT2D eigenvalue weighted by atomic mass is 14.9. The predicted octanol–water partition coefficient (Wildman–Crippen LogP) is 7.85. The maximum absolute atomic E-state index is 4.19. The molecule has 42 heavy (non-hydrogen) atoms. The fourth-order valence-corrected chi connectivity index (χ4v) is 4.67. The van der Waals surface area contributed by atoms with Gasteiger partial charge in [0.05, 0.1) is 0 Å². The number of benzene rings is 3.